The van der Waals surface area contributed by atoms with Gasteiger partial charge in [-0.05, 0) is 52.6 Å². The van der Waals surface area contributed by atoms with Crippen LogP contribution in [0.15, 0.2) is 0 Å². The molecular formula is C15H35N3. The van der Waals surface area contributed by atoms with Gasteiger partial charge in [0.05, 0.1) is 0 Å². The van der Waals surface area contributed by atoms with E-state index in [1.54, 1.807) is 0 Å². The maximum atomic E-state index is 3.65. The molecule has 0 aromatic carbocycles. The molecule has 0 saturated heterocycles. The molecule has 0 rings (SSSR count). The number of rotatable bonds is 11. The Kier molecular flexibility index (Phi) is 10.7. The number of likely N-dealkylation sites (N-methyl/N-ethyl adjacent to an activating group) is 2. The number of hydrogen-bond donors (Lipinski definition) is 1. The molecule has 2 unspecified atom stereocenters. The summed E-state index contributed by atoms with van der Waals surface area (Å²) in [6.07, 6.45) is 2.52. The normalized spacial score (nSPS) is 15.3. The lowest BCUT2D eigenvalue weighted by Crippen LogP contribution is -2.45. The van der Waals surface area contributed by atoms with Gasteiger partial charge in [0.2, 0.25) is 0 Å². The molecule has 3 heteroatoms. The van der Waals surface area contributed by atoms with Crippen molar-refractivity contribution in [2.75, 3.05) is 46.8 Å². The van der Waals surface area contributed by atoms with Crippen LogP contribution >= 0.6 is 0 Å². The Morgan fingerprint density at radius 3 is 2.17 bits per heavy atom. The highest BCUT2D eigenvalue weighted by molar-refractivity contribution is 4.76. The van der Waals surface area contributed by atoms with Gasteiger partial charge in [-0.25, -0.2) is 0 Å². The van der Waals surface area contributed by atoms with Crippen LogP contribution in [0.25, 0.3) is 0 Å². The monoisotopic (exact) mass is 257 g/mol. The van der Waals surface area contributed by atoms with E-state index in [2.05, 4.69) is 56.9 Å². The molecule has 0 spiro atoms. The molecule has 0 fully saturated rings. The highest BCUT2D eigenvalue weighted by atomic mass is 15.2. The lowest BCUT2D eigenvalue weighted by Gasteiger charge is -2.30. The minimum absolute atomic E-state index is 0.638. The Balaban J connectivity index is 4.11. The predicted octanol–water partition coefficient (Wildman–Crippen LogP) is 2.28. The van der Waals surface area contributed by atoms with E-state index in [-0.39, 0.29) is 0 Å². The molecule has 0 aliphatic rings. The molecule has 0 heterocycles. The summed E-state index contributed by atoms with van der Waals surface area (Å²) in [7, 11) is 4.30. The van der Waals surface area contributed by atoms with Crippen LogP contribution in [0.1, 0.15) is 40.5 Å². The first kappa shape index (κ1) is 17.9. The van der Waals surface area contributed by atoms with Crippen molar-refractivity contribution in [2.24, 2.45) is 5.92 Å². The van der Waals surface area contributed by atoms with E-state index in [4.69, 9.17) is 0 Å². The molecular weight excluding hydrogens is 222 g/mol. The quantitative estimate of drug-likeness (QED) is 0.613. The van der Waals surface area contributed by atoms with Gasteiger partial charge >= 0.3 is 0 Å². The molecule has 0 aromatic heterocycles. The van der Waals surface area contributed by atoms with E-state index < -0.39 is 0 Å². The van der Waals surface area contributed by atoms with Crippen molar-refractivity contribution in [1.82, 2.24) is 15.1 Å². The summed E-state index contributed by atoms with van der Waals surface area (Å²) in [6, 6.07) is 0.638. The van der Waals surface area contributed by atoms with Crippen molar-refractivity contribution < 1.29 is 0 Å². The molecule has 0 saturated carbocycles. The third-order valence-corrected chi connectivity index (χ3v) is 3.78. The van der Waals surface area contributed by atoms with Crippen molar-refractivity contribution in [3.05, 3.63) is 0 Å². The predicted molar refractivity (Wildman–Crippen MR) is 82.2 cm³/mol. The Morgan fingerprint density at radius 1 is 1.06 bits per heavy atom. The van der Waals surface area contributed by atoms with Crippen LogP contribution in [0.3, 0.4) is 0 Å². The van der Waals surface area contributed by atoms with Crippen LogP contribution in [0.4, 0.5) is 0 Å². The van der Waals surface area contributed by atoms with E-state index in [0.717, 1.165) is 19.0 Å². The van der Waals surface area contributed by atoms with Crippen molar-refractivity contribution in [1.29, 1.82) is 0 Å². The lowest BCUT2D eigenvalue weighted by atomic mass is 9.98. The van der Waals surface area contributed by atoms with Crippen molar-refractivity contribution in [3.63, 3.8) is 0 Å². The third-order valence-electron chi connectivity index (χ3n) is 3.78. The zero-order valence-electron chi connectivity index (χ0n) is 13.5. The largest absolute Gasteiger partial charge is 0.313 e. The Morgan fingerprint density at radius 2 is 1.72 bits per heavy atom. The minimum atomic E-state index is 0.638. The van der Waals surface area contributed by atoms with Crippen LogP contribution in [-0.4, -0.2) is 62.7 Å². The maximum Gasteiger partial charge on any atom is 0.0220 e. The summed E-state index contributed by atoms with van der Waals surface area (Å²) in [6.45, 7) is 15.0. The summed E-state index contributed by atoms with van der Waals surface area (Å²) in [5, 5.41) is 3.65. The fraction of sp³-hybridized carbons (Fsp3) is 1.00. The molecule has 0 amide bonds. The van der Waals surface area contributed by atoms with Gasteiger partial charge in [-0.3, -0.25) is 0 Å². The average molecular weight is 257 g/mol. The molecule has 1 N–H and O–H groups in total. The van der Waals surface area contributed by atoms with Crippen molar-refractivity contribution in [2.45, 2.75) is 46.6 Å². The zero-order chi connectivity index (χ0) is 14.0. The Hall–Kier alpha value is -0.120. The second kappa shape index (κ2) is 10.8. The van der Waals surface area contributed by atoms with Gasteiger partial charge in [0, 0.05) is 12.6 Å². The van der Waals surface area contributed by atoms with Crippen LogP contribution in [0, 0.1) is 5.92 Å². The number of hydrogen-bond acceptors (Lipinski definition) is 3. The fourth-order valence-electron chi connectivity index (χ4n) is 2.26. The summed E-state index contributed by atoms with van der Waals surface area (Å²) in [4.78, 5) is 4.85. The van der Waals surface area contributed by atoms with Crippen molar-refractivity contribution in [3.8, 4) is 0 Å². The van der Waals surface area contributed by atoms with Crippen LogP contribution in [0.5, 0.6) is 0 Å². The van der Waals surface area contributed by atoms with Gasteiger partial charge in [-0.15, -0.1) is 0 Å². The van der Waals surface area contributed by atoms with Crippen LogP contribution in [0.2, 0.25) is 0 Å². The van der Waals surface area contributed by atoms with E-state index in [1.807, 2.05) is 0 Å². The third kappa shape index (κ3) is 8.06. The smallest absolute Gasteiger partial charge is 0.0220 e. The second-order valence-electron chi connectivity index (χ2n) is 5.60. The van der Waals surface area contributed by atoms with Gasteiger partial charge in [0.25, 0.3) is 0 Å². The molecule has 18 heavy (non-hydrogen) atoms. The van der Waals surface area contributed by atoms with Crippen LogP contribution in [-0.2, 0) is 0 Å². The van der Waals surface area contributed by atoms with Gasteiger partial charge in [-0.1, -0.05) is 34.1 Å². The standard InChI is InChI=1S/C15H35N3/c1-7-14(4)15(16-8-2)13-18(9-3)12-10-11-17(5)6/h14-16H,7-13H2,1-6H3. The van der Waals surface area contributed by atoms with E-state index in [1.165, 1.54) is 32.5 Å². The first-order valence-electron chi connectivity index (χ1n) is 7.65. The van der Waals surface area contributed by atoms with Crippen LogP contribution < -0.4 is 5.32 Å². The molecule has 0 aromatic rings. The fourth-order valence-corrected chi connectivity index (χ4v) is 2.26. The summed E-state index contributed by atoms with van der Waals surface area (Å²) >= 11 is 0. The molecule has 0 radical (unpaired) electrons. The van der Waals surface area contributed by atoms with Gasteiger partial charge in [0.15, 0.2) is 0 Å². The molecule has 3 nitrogen and oxygen atoms in total. The topological polar surface area (TPSA) is 18.5 Å². The first-order valence-corrected chi connectivity index (χ1v) is 7.65. The zero-order valence-corrected chi connectivity index (χ0v) is 13.5. The van der Waals surface area contributed by atoms with Gasteiger partial charge in [-0.2, -0.15) is 0 Å². The number of nitrogens with one attached hydrogen (secondary N) is 1. The van der Waals surface area contributed by atoms with Crippen molar-refractivity contribution >= 4 is 0 Å². The number of nitrogens with zero attached hydrogens (tertiary/aromatic N) is 2. The summed E-state index contributed by atoms with van der Waals surface area (Å²) in [5.74, 6) is 0.757. The summed E-state index contributed by atoms with van der Waals surface area (Å²) < 4.78 is 0. The summed E-state index contributed by atoms with van der Waals surface area (Å²) in [5.41, 5.74) is 0. The van der Waals surface area contributed by atoms with Gasteiger partial charge in [0.1, 0.15) is 0 Å². The Labute approximate surface area is 115 Å². The second-order valence-corrected chi connectivity index (χ2v) is 5.60. The SMILES string of the molecule is CCNC(CN(CC)CCCN(C)C)C(C)CC. The maximum absolute atomic E-state index is 3.65. The molecule has 0 aliphatic carbocycles. The molecule has 0 bridgehead atoms. The molecule has 0 aliphatic heterocycles. The highest BCUT2D eigenvalue weighted by Crippen LogP contribution is 2.09. The van der Waals surface area contributed by atoms with Gasteiger partial charge < -0.3 is 15.1 Å². The molecule has 110 valence electrons. The minimum Gasteiger partial charge on any atom is -0.313 e. The first-order chi connectivity index (χ1) is 8.54. The Bertz CT molecular complexity index is 183. The van der Waals surface area contributed by atoms with E-state index >= 15 is 0 Å². The average Bonchev–Trinajstić information content (AvgIpc) is 2.35. The highest BCUT2D eigenvalue weighted by Gasteiger charge is 2.17. The lowest BCUT2D eigenvalue weighted by molar-refractivity contribution is 0.211. The van der Waals surface area contributed by atoms with E-state index in [0.29, 0.717) is 6.04 Å². The molecule has 2 atom stereocenters. The van der Waals surface area contributed by atoms with E-state index in [9.17, 15) is 0 Å².